The normalized spacial score (nSPS) is 19.5. The van der Waals surface area contributed by atoms with Crippen LogP contribution in [0.3, 0.4) is 0 Å². The third-order valence-electron chi connectivity index (χ3n) is 4.21. The van der Waals surface area contributed by atoms with Crippen molar-refractivity contribution in [3.8, 4) is 0 Å². The van der Waals surface area contributed by atoms with Crippen LogP contribution in [-0.4, -0.2) is 26.6 Å². The molecule has 1 aliphatic rings. The minimum atomic E-state index is -0.218. The van der Waals surface area contributed by atoms with Crippen molar-refractivity contribution in [1.82, 2.24) is 14.6 Å². The van der Waals surface area contributed by atoms with E-state index in [-0.39, 0.29) is 18.1 Å². The maximum atomic E-state index is 12.6. The number of fused-ring (bicyclic) bond motifs is 1. The molecule has 0 spiro atoms. The summed E-state index contributed by atoms with van der Waals surface area (Å²) >= 11 is 0. The number of carbonyl (C=O) groups excluding carboxylic acids is 1. The van der Waals surface area contributed by atoms with Crippen molar-refractivity contribution in [2.75, 3.05) is 5.32 Å². The van der Waals surface area contributed by atoms with E-state index >= 15 is 0 Å². The second-order valence-corrected chi connectivity index (χ2v) is 6.17. The van der Waals surface area contributed by atoms with Crippen molar-refractivity contribution in [3.05, 3.63) is 59.0 Å². The van der Waals surface area contributed by atoms with Crippen molar-refractivity contribution in [2.45, 2.75) is 33.0 Å². The van der Waals surface area contributed by atoms with E-state index < -0.39 is 0 Å². The molecular weight excluding hydrogens is 304 g/mol. The lowest BCUT2D eigenvalue weighted by molar-refractivity contribution is 0.102. The summed E-state index contributed by atoms with van der Waals surface area (Å²) in [6.07, 6.45) is 1.93. The van der Waals surface area contributed by atoms with E-state index in [0.717, 1.165) is 22.6 Å². The maximum absolute atomic E-state index is 12.6. The first kappa shape index (κ1) is 14.8. The standard InChI is InChI=1S/C18H18N4O2/c1-10-7-11(2)22-17(20-10)15(9-19-22)18(23)21-14-6-4-5-13(8-14)16-12(3)24-16/h4-9,12,16H,1-3H3,(H,21,23). The molecule has 4 rings (SSSR count). The van der Waals surface area contributed by atoms with Gasteiger partial charge in [0, 0.05) is 17.1 Å². The Bertz CT molecular complexity index is 947. The van der Waals surface area contributed by atoms with Gasteiger partial charge >= 0.3 is 0 Å². The van der Waals surface area contributed by atoms with E-state index in [2.05, 4.69) is 15.4 Å². The molecule has 1 amide bonds. The van der Waals surface area contributed by atoms with Crippen molar-refractivity contribution >= 4 is 17.2 Å². The third kappa shape index (κ3) is 2.55. The predicted octanol–water partition coefficient (Wildman–Crippen LogP) is 3.06. The molecule has 3 heterocycles. The Labute approximate surface area is 139 Å². The van der Waals surface area contributed by atoms with Crippen molar-refractivity contribution in [2.24, 2.45) is 0 Å². The molecular formula is C18H18N4O2. The third-order valence-corrected chi connectivity index (χ3v) is 4.21. The molecule has 0 bridgehead atoms. The summed E-state index contributed by atoms with van der Waals surface area (Å²) in [4.78, 5) is 17.1. The van der Waals surface area contributed by atoms with Gasteiger partial charge in [-0.05, 0) is 44.5 Å². The summed E-state index contributed by atoms with van der Waals surface area (Å²) in [5.41, 5.74) is 4.65. The Kier molecular flexibility index (Phi) is 3.35. The van der Waals surface area contributed by atoms with E-state index in [1.165, 1.54) is 0 Å². The number of nitrogens with zero attached hydrogens (tertiary/aromatic N) is 3. The van der Waals surface area contributed by atoms with Gasteiger partial charge in [-0.2, -0.15) is 5.10 Å². The molecule has 1 aliphatic heterocycles. The fourth-order valence-corrected chi connectivity index (χ4v) is 2.96. The highest BCUT2D eigenvalue weighted by atomic mass is 16.6. The number of anilines is 1. The van der Waals surface area contributed by atoms with Crippen LogP contribution in [0, 0.1) is 13.8 Å². The van der Waals surface area contributed by atoms with E-state index in [0.29, 0.717) is 11.2 Å². The molecule has 0 saturated carbocycles. The number of carbonyl (C=O) groups is 1. The molecule has 24 heavy (non-hydrogen) atoms. The summed E-state index contributed by atoms with van der Waals surface area (Å²) in [6.45, 7) is 5.88. The second-order valence-electron chi connectivity index (χ2n) is 6.17. The molecule has 2 atom stereocenters. The number of rotatable bonds is 3. The zero-order valence-electron chi connectivity index (χ0n) is 13.8. The van der Waals surface area contributed by atoms with Gasteiger partial charge in [-0.25, -0.2) is 9.50 Å². The van der Waals surface area contributed by atoms with E-state index in [1.807, 2.05) is 51.1 Å². The van der Waals surface area contributed by atoms with Crippen molar-refractivity contribution in [1.29, 1.82) is 0 Å². The summed E-state index contributed by atoms with van der Waals surface area (Å²) in [6, 6.07) is 9.67. The Morgan fingerprint density at radius 1 is 1.29 bits per heavy atom. The highest BCUT2D eigenvalue weighted by Crippen LogP contribution is 2.38. The zero-order valence-corrected chi connectivity index (χ0v) is 13.8. The molecule has 3 aromatic rings. The molecule has 2 aromatic heterocycles. The minimum Gasteiger partial charge on any atom is -0.365 e. The number of aromatic nitrogens is 3. The summed E-state index contributed by atoms with van der Waals surface area (Å²) in [5.74, 6) is -0.218. The van der Waals surface area contributed by atoms with Gasteiger partial charge in [0.2, 0.25) is 0 Å². The predicted molar refractivity (Wildman–Crippen MR) is 90.1 cm³/mol. The maximum Gasteiger partial charge on any atom is 0.261 e. The lowest BCUT2D eigenvalue weighted by Gasteiger charge is -2.06. The lowest BCUT2D eigenvalue weighted by atomic mass is 10.1. The molecule has 1 saturated heterocycles. The van der Waals surface area contributed by atoms with Crippen molar-refractivity contribution in [3.63, 3.8) is 0 Å². The van der Waals surface area contributed by atoms with E-state index in [9.17, 15) is 4.79 Å². The fourth-order valence-electron chi connectivity index (χ4n) is 2.96. The average molecular weight is 322 g/mol. The number of epoxide rings is 1. The van der Waals surface area contributed by atoms with Gasteiger partial charge in [-0.3, -0.25) is 4.79 Å². The van der Waals surface area contributed by atoms with E-state index in [1.54, 1.807) is 10.7 Å². The summed E-state index contributed by atoms with van der Waals surface area (Å²) in [5, 5.41) is 7.19. The second kappa shape index (κ2) is 5.42. The van der Waals surface area contributed by atoms with Crippen LogP contribution >= 0.6 is 0 Å². The topological polar surface area (TPSA) is 71.8 Å². The molecule has 0 aliphatic carbocycles. The first-order valence-electron chi connectivity index (χ1n) is 7.91. The van der Waals surface area contributed by atoms with Crippen LogP contribution in [-0.2, 0) is 4.74 Å². The molecule has 0 radical (unpaired) electrons. The average Bonchev–Trinajstić information content (AvgIpc) is 3.11. The van der Waals surface area contributed by atoms with Gasteiger partial charge in [0.15, 0.2) is 5.65 Å². The summed E-state index contributed by atoms with van der Waals surface area (Å²) < 4.78 is 7.16. The first-order valence-corrected chi connectivity index (χ1v) is 7.91. The Hall–Kier alpha value is -2.73. The highest BCUT2D eigenvalue weighted by Gasteiger charge is 2.35. The number of amides is 1. The molecule has 6 heteroatoms. The Morgan fingerprint density at radius 2 is 2.08 bits per heavy atom. The van der Waals surface area contributed by atoms with Crippen LogP contribution in [0.4, 0.5) is 5.69 Å². The lowest BCUT2D eigenvalue weighted by Crippen LogP contribution is -2.12. The van der Waals surface area contributed by atoms with Gasteiger partial charge in [-0.1, -0.05) is 12.1 Å². The SMILES string of the molecule is Cc1cc(C)n2ncc(C(=O)Nc3cccc(C4OC4C)c3)c2n1. The molecule has 122 valence electrons. The van der Waals surface area contributed by atoms with Gasteiger partial charge < -0.3 is 10.1 Å². The van der Waals surface area contributed by atoms with Crippen LogP contribution in [0.2, 0.25) is 0 Å². The van der Waals surface area contributed by atoms with Crippen LogP contribution in [0.1, 0.15) is 40.3 Å². The number of benzene rings is 1. The Balaban J connectivity index is 1.63. The van der Waals surface area contributed by atoms with Gasteiger partial charge in [-0.15, -0.1) is 0 Å². The van der Waals surface area contributed by atoms with Gasteiger partial charge in [0.25, 0.3) is 5.91 Å². The highest BCUT2D eigenvalue weighted by molar-refractivity contribution is 6.08. The van der Waals surface area contributed by atoms with Crippen LogP contribution < -0.4 is 5.32 Å². The molecule has 1 N–H and O–H groups in total. The molecule has 6 nitrogen and oxygen atoms in total. The largest absolute Gasteiger partial charge is 0.365 e. The minimum absolute atomic E-state index is 0.130. The fraction of sp³-hybridized carbons (Fsp3) is 0.278. The molecule has 1 aromatic carbocycles. The number of hydrogen-bond acceptors (Lipinski definition) is 4. The number of ether oxygens (including phenoxy) is 1. The number of aryl methyl sites for hydroxylation is 2. The van der Waals surface area contributed by atoms with Crippen molar-refractivity contribution < 1.29 is 9.53 Å². The smallest absolute Gasteiger partial charge is 0.261 e. The van der Waals surface area contributed by atoms with Crippen LogP contribution in [0.5, 0.6) is 0 Å². The molecule has 1 fully saturated rings. The van der Waals surface area contributed by atoms with Crippen LogP contribution in [0.25, 0.3) is 5.65 Å². The monoisotopic (exact) mass is 322 g/mol. The number of hydrogen-bond donors (Lipinski definition) is 1. The number of nitrogens with one attached hydrogen (secondary N) is 1. The Morgan fingerprint density at radius 3 is 2.83 bits per heavy atom. The van der Waals surface area contributed by atoms with E-state index in [4.69, 9.17) is 4.74 Å². The van der Waals surface area contributed by atoms with Gasteiger partial charge in [0.05, 0.1) is 12.3 Å². The van der Waals surface area contributed by atoms with Gasteiger partial charge in [0.1, 0.15) is 11.7 Å². The molecule has 2 unspecified atom stereocenters. The van der Waals surface area contributed by atoms with Crippen LogP contribution in [0.15, 0.2) is 36.5 Å². The summed E-state index contributed by atoms with van der Waals surface area (Å²) in [7, 11) is 0. The quantitative estimate of drug-likeness (QED) is 0.752. The zero-order chi connectivity index (χ0) is 16.8. The first-order chi connectivity index (χ1) is 11.5.